The van der Waals surface area contributed by atoms with Crippen LogP contribution in [0.3, 0.4) is 0 Å². The Morgan fingerprint density at radius 1 is 1.00 bits per heavy atom. The molecule has 4 saturated carbocycles. The summed E-state index contributed by atoms with van der Waals surface area (Å²) in [5.41, 5.74) is 0.241. The molecular formula is C27H44O4. The lowest BCUT2D eigenvalue weighted by molar-refractivity contribution is -0.215. The molecule has 0 bridgehead atoms. The van der Waals surface area contributed by atoms with Gasteiger partial charge in [-0.05, 0) is 79.4 Å². The van der Waals surface area contributed by atoms with Gasteiger partial charge >= 0.3 is 0 Å². The number of hydrogen-bond acceptors (Lipinski definition) is 4. The highest BCUT2D eigenvalue weighted by Crippen LogP contribution is 2.69. The van der Waals surface area contributed by atoms with Crippen molar-refractivity contribution < 1.29 is 19.1 Å². The molecule has 0 aromatic carbocycles. The summed E-state index contributed by atoms with van der Waals surface area (Å²) < 4.78 is 11.8. The van der Waals surface area contributed by atoms with Crippen LogP contribution in [0.25, 0.3) is 0 Å². The third-order valence-corrected chi connectivity index (χ3v) is 10.9. The van der Waals surface area contributed by atoms with Crippen LogP contribution < -0.4 is 0 Å². The Kier molecular flexibility index (Phi) is 6.49. The van der Waals surface area contributed by atoms with E-state index in [1.165, 1.54) is 44.9 Å². The number of ether oxygens (including phenoxy) is 2. The van der Waals surface area contributed by atoms with E-state index in [0.29, 0.717) is 48.5 Å². The van der Waals surface area contributed by atoms with Gasteiger partial charge < -0.3 is 9.47 Å². The van der Waals surface area contributed by atoms with E-state index in [1.807, 2.05) is 0 Å². The molecule has 4 rings (SSSR count). The number of carbonyl (C=O) groups excluding carboxylic acids is 2. The first-order valence-electron chi connectivity index (χ1n) is 13.0. The van der Waals surface area contributed by atoms with E-state index >= 15 is 0 Å². The van der Waals surface area contributed by atoms with Crippen LogP contribution in [0.2, 0.25) is 0 Å². The molecule has 0 radical (unpaired) electrons. The van der Waals surface area contributed by atoms with Crippen molar-refractivity contribution in [2.75, 3.05) is 0 Å². The molecule has 0 heterocycles. The maximum Gasteiger partial charge on any atom is 0.293 e. The van der Waals surface area contributed by atoms with Crippen LogP contribution in [-0.2, 0) is 19.1 Å². The van der Waals surface area contributed by atoms with Crippen molar-refractivity contribution in [2.24, 2.45) is 52.3 Å². The fourth-order valence-corrected chi connectivity index (χ4v) is 9.46. The molecule has 0 aromatic heterocycles. The standard InChI is InChI=1S/C27H44O4/c1-6-7-18(3)20-8-9-21-25-22(14-24(31-16-29)27(20,21)5)26(4)11-10-17(2)12-19(26)13-23(25)30-15-28/h15-25H,6-14H2,1-5H3. The Balaban J connectivity index is 1.74. The molecule has 0 aromatic rings. The first kappa shape index (κ1) is 23.1. The van der Waals surface area contributed by atoms with Gasteiger partial charge in [-0.3, -0.25) is 9.59 Å². The molecular weight excluding hydrogens is 388 g/mol. The van der Waals surface area contributed by atoms with Gasteiger partial charge in [0.05, 0.1) is 0 Å². The Hall–Kier alpha value is -1.06. The summed E-state index contributed by atoms with van der Waals surface area (Å²) in [4.78, 5) is 23.2. The van der Waals surface area contributed by atoms with E-state index < -0.39 is 0 Å². The second-order valence-electron chi connectivity index (χ2n) is 12.2. The predicted molar refractivity (Wildman–Crippen MR) is 121 cm³/mol. The van der Waals surface area contributed by atoms with Crippen LogP contribution in [0.15, 0.2) is 0 Å². The fraction of sp³-hybridized carbons (Fsp3) is 0.926. The SMILES string of the molecule is CCCC(C)C1CCC2C3C(OC=O)CC4CC(C)CCC4(C)C3CC(OC=O)C12C. The maximum atomic E-state index is 11.6. The summed E-state index contributed by atoms with van der Waals surface area (Å²) in [6.07, 6.45) is 10.5. The van der Waals surface area contributed by atoms with Crippen LogP contribution >= 0.6 is 0 Å². The lowest BCUT2D eigenvalue weighted by Gasteiger charge is -2.64. The highest BCUT2D eigenvalue weighted by molar-refractivity contribution is 5.39. The zero-order valence-corrected chi connectivity index (χ0v) is 20.3. The monoisotopic (exact) mass is 432 g/mol. The van der Waals surface area contributed by atoms with Gasteiger partial charge in [-0.25, -0.2) is 0 Å². The fourth-order valence-electron chi connectivity index (χ4n) is 9.46. The van der Waals surface area contributed by atoms with Gasteiger partial charge in [0.15, 0.2) is 0 Å². The molecule has 0 aliphatic heterocycles. The minimum absolute atomic E-state index is 0.0186. The van der Waals surface area contributed by atoms with E-state index in [1.54, 1.807) is 0 Å². The normalized spacial score (nSPS) is 49.8. The summed E-state index contributed by atoms with van der Waals surface area (Å²) in [5, 5.41) is 0. The van der Waals surface area contributed by atoms with Crippen molar-refractivity contribution in [1.29, 1.82) is 0 Å². The van der Waals surface area contributed by atoms with Gasteiger partial charge in [0.1, 0.15) is 12.2 Å². The molecule has 176 valence electrons. The Bertz CT molecular complexity index is 664. The molecule has 31 heavy (non-hydrogen) atoms. The van der Waals surface area contributed by atoms with E-state index in [-0.39, 0.29) is 23.0 Å². The molecule has 11 atom stereocenters. The summed E-state index contributed by atoms with van der Waals surface area (Å²) in [6, 6.07) is 0. The molecule has 0 spiro atoms. The molecule has 11 unspecified atom stereocenters. The Morgan fingerprint density at radius 2 is 1.74 bits per heavy atom. The highest BCUT2D eigenvalue weighted by Gasteiger charge is 2.67. The van der Waals surface area contributed by atoms with Crippen LogP contribution in [0.4, 0.5) is 0 Å². The van der Waals surface area contributed by atoms with Crippen LogP contribution in [0.1, 0.15) is 92.4 Å². The maximum absolute atomic E-state index is 11.6. The minimum atomic E-state index is -0.0215. The van der Waals surface area contributed by atoms with Gasteiger partial charge in [0.2, 0.25) is 0 Å². The quantitative estimate of drug-likeness (QED) is 0.462. The molecule has 4 nitrogen and oxygen atoms in total. The van der Waals surface area contributed by atoms with Crippen molar-refractivity contribution in [1.82, 2.24) is 0 Å². The Morgan fingerprint density at radius 3 is 2.42 bits per heavy atom. The van der Waals surface area contributed by atoms with Gasteiger partial charge in [0.25, 0.3) is 12.9 Å². The largest absolute Gasteiger partial charge is 0.464 e. The third-order valence-electron chi connectivity index (χ3n) is 10.9. The molecule has 4 heteroatoms. The molecule has 4 aliphatic rings. The van der Waals surface area contributed by atoms with E-state index in [0.717, 1.165) is 18.8 Å². The van der Waals surface area contributed by atoms with Crippen molar-refractivity contribution in [3.05, 3.63) is 0 Å². The summed E-state index contributed by atoms with van der Waals surface area (Å²) in [7, 11) is 0. The van der Waals surface area contributed by atoms with E-state index in [9.17, 15) is 9.59 Å². The molecule has 0 saturated heterocycles. The van der Waals surface area contributed by atoms with Gasteiger partial charge in [0, 0.05) is 11.3 Å². The molecule has 0 amide bonds. The van der Waals surface area contributed by atoms with Gasteiger partial charge in [-0.1, -0.05) is 53.9 Å². The lowest BCUT2D eigenvalue weighted by Crippen LogP contribution is -2.62. The number of carbonyl (C=O) groups is 2. The summed E-state index contributed by atoms with van der Waals surface area (Å²) >= 11 is 0. The van der Waals surface area contributed by atoms with Gasteiger partial charge in [-0.15, -0.1) is 0 Å². The van der Waals surface area contributed by atoms with Crippen molar-refractivity contribution in [2.45, 2.75) is 105 Å². The number of rotatable bonds is 7. The second kappa shape index (κ2) is 8.71. The van der Waals surface area contributed by atoms with E-state index in [2.05, 4.69) is 34.6 Å². The molecule has 4 aliphatic carbocycles. The smallest absolute Gasteiger partial charge is 0.293 e. The second-order valence-corrected chi connectivity index (χ2v) is 12.2. The van der Waals surface area contributed by atoms with Gasteiger partial charge in [-0.2, -0.15) is 0 Å². The lowest BCUT2D eigenvalue weighted by atomic mass is 9.42. The van der Waals surface area contributed by atoms with Crippen molar-refractivity contribution in [3.8, 4) is 0 Å². The van der Waals surface area contributed by atoms with Crippen molar-refractivity contribution in [3.63, 3.8) is 0 Å². The zero-order valence-electron chi connectivity index (χ0n) is 20.3. The Labute approximate surface area is 189 Å². The van der Waals surface area contributed by atoms with E-state index in [4.69, 9.17) is 9.47 Å². The zero-order chi connectivity index (χ0) is 22.4. The summed E-state index contributed by atoms with van der Waals surface area (Å²) in [6.45, 7) is 13.3. The average molecular weight is 433 g/mol. The molecule has 0 N–H and O–H groups in total. The average Bonchev–Trinajstić information content (AvgIpc) is 3.08. The first-order valence-corrected chi connectivity index (χ1v) is 13.0. The highest BCUT2D eigenvalue weighted by atomic mass is 16.5. The topological polar surface area (TPSA) is 52.6 Å². The predicted octanol–water partition coefficient (Wildman–Crippen LogP) is 6.02. The summed E-state index contributed by atoms with van der Waals surface area (Å²) in [5.74, 6) is 3.86. The number of hydrogen-bond donors (Lipinski definition) is 0. The first-order chi connectivity index (χ1) is 14.8. The number of fused-ring (bicyclic) bond motifs is 5. The van der Waals surface area contributed by atoms with Crippen molar-refractivity contribution >= 4 is 12.9 Å². The van der Waals surface area contributed by atoms with Crippen LogP contribution in [-0.4, -0.2) is 25.2 Å². The third kappa shape index (κ3) is 3.55. The minimum Gasteiger partial charge on any atom is -0.464 e. The van der Waals surface area contributed by atoms with Crippen LogP contribution in [0.5, 0.6) is 0 Å². The van der Waals surface area contributed by atoms with Crippen LogP contribution in [0, 0.1) is 52.3 Å². The molecule has 4 fully saturated rings.